The van der Waals surface area contributed by atoms with Gasteiger partial charge in [0.05, 0.1) is 10.7 Å². The molecule has 1 amide bonds. The number of carbonyl (C=O) groups is 1. The Morgan fingerprint density at radius 3 is 2.77 bits per heavy atom. The Kier molecular flexibility index (Phi) is 2.18. The summed E-state index contributed by atoms with van der Waals surface area (Å²) >= 11 is 11.7. The van der Waals surface area contributed by atoms with Crippen molar-refractivity contribution < 1.29 is 4.79 Å². The molecule has 1 aliphatic heterocycles. The molecule has 0 spiro atoms. The number of fused-ring (bicyclic) bond motifs is 1. The summed E-state index contributed by atoms with van der Waals surface area (Å²) in [4.78, 5) is 11.1. The summed E-state index contributed by atoms with van der Waals surface area (Å²) in [5.74, 6) is 0.0109. The van der Waals surface area contributed by atoms with Gasteiger partial charge in [0.25, 0.3) is 0 Å². The molecule has 0 saturated heterocycles. The fraction of sp³-hybridized carbons (Fsp3) is 0.222. The Bertz CT molecular complexity index is 376. The fourth-order valence-corrected chi connectivity index (χ4v) is 2.00. The zero-order chi connectivity index (χ0) is 9.42. The molecule has 0 saturated carbocycles. The number of carbonyl (C=O) groups excluding carboxylic acids is 1. The molecule has 1 aromatic carbocycles. The van der Waals surface area contributed by atoms with Gasteiger partial charge in [-0.15, -0.1) is 0 Å². The molecule has 4 heteroatoms. The van der Waals surface area contributed by atoms with Gasteiger partial charge < -0.3 is 5.32 Å². The third-order valence-corrected chi connectivity index (χ3v) is 2.54. The molecule has 0 atom stereocenters. The number of hydrogen-bond donors (Lipinski definition) is 1. The number of halogens is 2. The maximum absolute atomic E-state index is 11.1. The third kappa shape index (κ3) is 1.64. The van der Waals surface area contributed by atoms with Crippen molar-refractivity contribution >= 4 is 34.8 Å². The molecule has 1 aromatic rings. The maximum atomic E-state index is 11.1. The first kappa shape index (κ1) is 8.85. The quantitative estimate of drug-likeness (QED) is 0.709. The summed E-state index contributed by atoms with van der Waals surface area (Å²) in [6.07, 6.45) is 1.21. The molecule has 1 N–H and O–H groups in total. The number of aryl methyl sites for hydroxylation is 1. The first-order valence-corrected chi connectivity index (χ1v) is 4.70. The van der Waals surface area contributed by atoms with Gasteiger partial charge in [-0.2, -0.15) is 0 Å². The lowest BCUT2D eigenvalue weighted by atomic mass is 10.0. The van der Waals surface area contributed by atoms with E-state index in [1.165, 1.54) is 0 Å². The van der Waals surface area contributed by atoms with Gasteiger partial charge in [0.15, 0.2) is 0 Å². The Morgan fingerprint density at radius 2 is 2.00 bits per heavy atom. The number of benzene rings is 1. The summed E-state index contributed by atoms with van der Waals surface area (Å²) in [5, 5.41) is 3.85. The summed E-state index contributed by atoms with van der Waals surface area (Å²) in [6, 6.07) is 3.47. The molecular weight excluding hydrogens is 209 g/mol. The van der Waals surface area contributed by atoms with Crippen LogP contribution >= 0.6 is 23.2 Å². The second-order valence-electron chi connectivity index (χ2n) is 2.97. The lowest BCUT2D eigenvalue weighted by molar-refractivity contribution is -0.116. The number of hydrogen-bond acceptors (Lipinski definition) is 1. The molecule has 13 heavy (non-hydrogen) atoms. The molecule has 0 aliphatic carbocycles. The van der Waals surface area contributed by atoms with Crippen LogP contribution in [0.25, 0.3) is 0 Å². The summed E-state index contributed by atoms with van der Waals surface area (Å²) in [6.45, 7) is 0. The smallest absolute Gasteiger partial charge is 0.224 e. The van der Waals surface area contributed by atoms with Crippen LogP contribution in [0.2, 0.25) is 10.0 Å². The van der Waals surface area contributed by atoms with E-state index in [1.807, 2.05) is 6.07 Å². The van der Waals surface area contributed by atoms with Gasteiger partial charge in [0.1, 0.15) is 0 Å². The minimum Gasteiger partial charge on any atom is -0.325 e. The minimum absolute atomic E-state index is 0.0109. The molecule has 0 bridgehead atoms. The van der Waals surface area contributed by atoms with Crippen LogP contribution < -0.4 is 5.32 Å². The van der Waals surface area contributed by atoms with Crippen LogP contribution in [0.4, 0.5) is 5.69 Å². The predicted molar refractivity (Wildman–Crippen MR) is 53.4 cm³/mol. The SMILES string of the molecule is O=C1CCc2cc(Cl)cc(Cl)c2N1. The van der Waals surface area contributed by atoms with Crippen LogP contribution in [0.3, 0.4) is 0 Å². The average molecular weight is 216 g/mol. The Morgan fingerprint density at radius 1 is 1.23 bits per heavy atom. The summed E-state index contributed by atoms with van der Waals surface area (Å²) < 4.78 is 0. The monoisotopic (exact) mass is 215 g/mol. The van der Waals surface area contributed by atoms with Crippen molar-refractivity contribution in [3.05, 3.63) is 27.7 Å². The van der Waals surface area contributed by atoms with E-state index in [1.54, 1.807) is 6.07 Å². The van der Waals surface area contributed by atoms with Crippen molar-refractivity contribution in [3.63, 3.8) is 0 Å². The Balaban J connectivity index is 2.53. The van der Waals surface area contributed by atoms with Crippen molar-refractivity contribution in [2.75, 3.05) is 5.32 Å². The Hall–Kier alpha value is -0.730. The largest absolute Gasteiger partial charge is 0.325 e. The van der Waals surface area contributed by atoms with E-state index in [0.717, 1.165) is 5.56 Å². The van der Waals surface area contributed by atoms with E-state index in [4.69, 9.17) is 23.2 Å². The van der Waals surface area contributed by atoms with Crippen molar-refractivity contribution in [2.24, 2.45) is 0 Å². The van der Waals surface area contributed by atoms with E-state index < -0.39 is 0 Å². The standard InChI is InChI=1S/C9H7Cl2NO/c10-6-3-5-1-2-8(13)12-9(5)7(11)4-6/h3-4H,1-2H2,(H,12,13). The third-order valence-electron chi connectivity index (χ3n) is 2.02. The number of amides is 1. The average Bonchev–Trinajstić information content (AvgIpc) is 2.06. The maximum Gasteiger partial charge on any atom is 0.224 e. The van der Waals surface area contributed by atoms with Crippen molar-refractivity contribution in [2.45, 2.75) is 12.8 Å². The topological polar surface area (TPSA) is 29.1 Å². The van der Waals surface area contributed by atoms with E-state index in [0.29, 0.717) is 28.6 Å². The molecule has 2 rings (SSSR count). The summed E-state index contributed by atoms with van der Waals surface area (Å²) in [7, 11) is 0. The highest BCUT2D eigenvalue weighted by Gasteiger charge is 2.17. The van der Waals surface area contributed by atoms with E-state index in [-0.39, 0.29) is 5.91 Å². The Labute approximate surface area is 85.8 Å². The highest BCUT2D eigenvalue weighted by molar-refractivity contribution is 6.37. The van der Waals surface area contributed by atoms with Gasteiger partial charge in [-0.25, -0.2) is 0 Å². The van der Waals surface area contributed by atoms with Crippen LogP contribution in [-0.2, 0) is 11.2 Å². The second-order valence-corrected chi connectivity index (χ2v) is 3.81. The zero-order valence-corrected chi connectivity index (χ0v) is 8.24. The van der Waals surface area contributed by atoms with Crippen molar-refractivity contribution in [1.82, 2.24) is 0 Å². The van der Waals surface area contributed by atoms with Gasteiger partial charge in [-0.3, -0.25) is 4.79 Å². The van der Waals surface area contributed by atoms with E-state index in [9.17, 15) is 4.79 Å². The first-order chi connectivity index (χ1) is 6.16. The minimum atomic E-state index is 0.0109. The highest BCUT2D eigenvalue weighted by Crippen LogP contribution is 2.33. The molecule has 68 valence electrons. The van der Waals surface area contributed by atoms with Crippen LogP contribution in [0.5, 0.6) is 0 Å². The van der Waals surface area contributed by atoms with Crippen molar-refractivity contribution in [3.8, 4) is 0 Å². The van der Waals surface area contributed by atoms with Gasteiger partial charge in [-0.1, -0.05) is 23.2 Å². The number of anilines is 1. The fourth-order valence-electron chi connectivity index (χ4n) is 1.41. The first-order valence-electron chi connectivity index (χ1n) is 3.94. The second kappa shape index (κ2) is 3.20. The van der Waals surface area contributed by atoms with Gasteiger partial charge in [-0.05, 0) is 24.1 Å². The zero-order valence-electron chi connectivity index (χ0n) is 6.73. The molecule has 0 fully saturated rings. The molecule has 0 unspecified atom stereocenters. The van der Waals surface area contributed by atoms with Crippen LogP contribution in [0.1, 0.15) is 12.0 Å². The summed E-state index contributed by atoms with van der Waals surface area (Å²) in [5.41, 5.74) is 1.72. The van der Waals surface area contributed by atoms with Crippen LogP contribution in [0.15, 0.2) is 12.1 Å². The van der Waals surface area contributed by atoms with E-state index in [2.05, 4.69) is 5.32 Å². The van der Waals surface area contributed by atoms with E-state index >= 15 is 0 Å². The molecule has 2 nitrogen and oxygen atoms in total. The molecule has 1 heterocycles. The van der Waals surface area contributed by atoms with Gasteiger partial charge in [0.2, 0.25) is 5.91 Å². The molecule has 0 radical (unpaired) electrons. The normalized spacial score (nSPS) is 15.1. The van der Waals surface area contributed by atoms with Crippen LogP contribution in [-0.4, -0.2) is 5.91 Å². The van der Waals surface area contributed by atoms with Crippen molar-refractivity contribution in [1.29, 1.82) is 0 Å². The van der Waals surface area contributed by atoms with Crippen LogP contribution in [0, 0.1) is 0 Å². The highest BCUT2D eigenvalue weighted by atomic mass is 35.5. The molecule has 0 aromatic heterocycles. The molecule has 1 aliphatic rings. The lowest BCUT2D eigenvalue weighted by Gasteiger charge is -2.17. The predicted octanol–water partition coefficient (Wildman–Crippen LogP) is 2.88. The molecular formula is C9H7Cl2NO. The lowest BCUT2D eigenvalue weighted by Crippen LogP contribution is -2.19. The van der Waals surface area contributed by atoms with Gasteiger partial charge in [0, 0.05) is 11.4 Å². The van der Waals surface area contributed by atoms with Gasteiger partial charge >= 0.3 is 0 Å². The number of rotatable bonds is 0. The number of nitrogens with one attached hydrogen (secondary N) is 1.